The lowest BCUT2D eigenvalue weighted by Crippen LogP contribution is -1.76. The summed E-state index contributed by atoms with van der Waals surface area (Å²) in [4.78, 5) is 0. The number of phenolic OH excluding ortho intramolecular Hbond substituents is 1. The molecule has 0 saturated heterocycles. The van der Waals surface area contributed by atoms with E-state index in [-0.39, 0.29) is 5.75 Å². The minimum Gasteiger partial charge on any atom is -0.507 e. The first-order chi connectivity index (χ1) is 5.04. The molecule has 1 rings (SSSR count). The summed E-state index contributed by atoms with van der Waals surface area (Å²) in [5.41, 5.74) is 0. The third kappa shape index (κ3) is 1.83. The number of aromatic hydroxyl groups is 1. The van der Waals surface area contributed by atoms with E-state index in [1.165, 1.54) is 6.07 Å². The minimum atomic E-state index is 0.0307. The molecular formula is C6H2Br2Cl2O. The van der Waals surface area contributed by atoms with Gasteiger partial charge in [-0.1, -0.05) is 23.2 Å². The first kappa shape index (κ1) is 9.65. The second-order valence-corrected chi connectivity index (χ2v) is 4.19. The summed E-state index contributed by atoms with van der Waals surface area (Å²) in [6.07, 6.45) is 0. The quantitative estimate of drug-likeness (QED) is 0.560. The molecule has 0 radical (unpaired) electrons. The molecule has 1 N–H and O–H groups in total. The van der Waals surface area contributed by atoms with Crippen molar-refractivity contribution in [3.8, 4) is 5.75 Å². The molecule has 0 heterocycles. The smallest absolute Gasteiger partial charge is 0.132 e. The van der Waals surface area contributed by atoms with Crippen molar-refractivity contribution in [2.45, 2.75) is 0 Å². The van der Waals surface area contributed by atoms with Gasteiger partial charge in [-0.3, -0.25) is 0 Å². The summed E-state index contributed by atoms with van der Waals surface area (Å²) >= 11 is 17.7. The van der Waals surface area contributed by atoms with E-state index in [4.69, 9.17) is 28.3 Å². The van der Waals surface area contributed by atoms with Crippen LogP contribution in [-0.2, 0) is 0 Å². The summed E-state index contributed by atoms with van der Waals surface area (Å²) in [5.74, 6) is 0.0307. The predicted octanol–water partition coefficient (Wildman–Crippen LogP) is 4.22. The minimum absolute atomic E-state index is 0.0307. The molecule has 5 heteroatoms. The molecule has 0 bridgehead atoms. The van der Waals surface area contributed by atoms with Crippen LogP contribution in [0.3, 0.4) is 0 Å². The van der Waals surface area contributed by atoms with Crippen LogP contribution < -0.4 is 0 Å². The van der Waals surface area contributed by atoms with E-state index in [1.54, 1.807) is 0 Å². The van der Waals surface area contributed by atoms with Gasteiger partial charge in [0.15, 0.2) is 0 Å². The Kier molecular flexibility index (Phi) is 3.09. The first-order valence-electron chi connectivity index (χ1n) is 2.56. The van der Waals surface area contributed by atoms with Crippen LogP contribution >= 0.6 is 55.1 Å². The summed E-state index contributed by atoms with van der Waals surface area (Å²) in [7, 11) is 0. The second-order valence-electron chi connectivity index (χ2n) is 1.82. The lowest BCUT2D eigenvalue weighted by atomic mass is 10.3. The molecule has 0 aromatic heterocycles. The lowest BCUT2D eigenvalue weighted by molar-refractivity contribution is 0.472. The van der Waals surface area contributed by atoms with Gasteiger partial charge in [-0.15, -0.1) is 0 Å². The van der Waals surface area contributed by atoms with E-state index in [2.05, 4.69) is 31.9 Å². The normalized spacial score (nSPS) is 10.2. The molecule has 1 nitrogen and oxygen atoms in total. The molecular weight excluding hydrogens is 319 g/mol. The van der Waals surface area contributed by atoms with E-state index in [1.807, 2.05) is 0 Å². The van der Waals surface area contributed by atoms with Crippen LogP contribution in [0.15, 0.2) is 15.0 Å². The van der Waals surface area contributed by atoms with Gasteiger partial charge in [-0.05, 0) is 31.9 Å². The van der Waals surface area contributed by atoms with Crippen LogP contribution in [0.2, 0.25) is 10.0 Å². The number of phenols is 1. The van der Waals surface area contributed by atoms with Gasteiger partial charge in [0.05, 0.1) is 19.0 Å². The van der Waals surface area contributed by atoms with E-state index in [9.17, 15) is 0 Å². The Morgan fingerprint density at radius 1 is 1.18 bits per heavy atom. The van der Waals surface area contributed by atoms with Gasteiger partial charge in [0.1, 0.15) is 5.75 Å². The van der Waals surface area contributed by atoms with Crippen LogP contribution in [0.5, 0.6) is 5.75 Å². The summed E-state index contributed by atoms with van der Waals surface area (Å²) in [5, 5.41) is 9.92. The average Bonchev–Trinajstić information content (AvgIpc) is 1.97. The Hall–Kier alpha value is 0.560. The van der Waals surface area contributed by atoms with Gasteiger partial charge in [-0.2, -0.15) is 0 Å². The lowest BCUT2D eigenvalue weighted by Gasteiger charge is -2.03. The van der Waals surface area contributed by atoms with Crippen molar-refractivity contribution >= 4 is 55.1 Å². The molecule has 0 saturated carbocycles. The fraction of sp³-hybridized carbons (Fsp3) is 0. The molecule has 0 atom stereocenters. The topological polar surface area (TPSA) is 20.2 Å². The zero-order chi connectivity index (χ0) is 8.59. The van der Waals surface area contributed by atoms with Crippen LogP contribution in [0.1, 0.15) is 0 Å². The van der Waals surface area contributed by atoms with Crippen molar-refractivity contribution in [2.24, 2.45) is 0 Å². The van der Waals surface area contributed by atoms with Gasteiger partial charge in [0.2, 0.25) is 0 Å². The van der Waals surface area contributed by atoms with Crippen molar-refractivity contribution in [2.75, 3.05) is 0 Å². The Labute approximate surface area is 90.6 Å². The summed E-state index contributed by atoms with van der Waals surface area (Å²) in [6, 6.07) is 1.40. The van der Waals surface area contributed by atoms with Crippen LogP contribution in [0.4, 0.5) is 0 Å². The van der Waals surface area contributed by atoms with Crippen molar-refractivity contribution < 1.29 is 5.11 Å². The van der Waals surface area contributed by atoms with E-state index < -0.39 is 0 Å². The monoisotopic (exact) mass is 318 g/mol. The first-order valence-corrected chi connectivity index (χ1v) is 4.90. The predicted molar refractivity (Wildman–Crippen MR) is 53.5 cm³/mol. The highest BCUT2D eigenvalue weighted by Gasteiger charge is 2.10. The maximum Gasteiger partial charge on any atom is 0.132 e. The molecule has 0 amide bonds. The molecule has 0 aliphatic heterocycles. The molecule has 0 aliphatic rings. The van der Waals surface area contributed by atoms with Crippen LogP contribution in [0, 0.1) is 0 Å². The number of hydrogen-bond donors (Lipinski definition) is 1. The van der Waals surface area contributed by atoms with Gasteiger partial charge < -0.3 is 5.11 Å². The van der Waals surface area contributed by atoms with Gasteiger partial charge in [0, 0.05) is 6.07 Å². The van der Waals surface area contributed by atoms with E-state index >= 15 is 0 Å². The fourth-order valence-electron chi connectivity index (χ4n) is 0.560. The Bertz CT molecular complexity index is 275. The highest BCUT2D eigenvalue weighted by atomic mass is 79.9. The van der Waals surface area contributed by atoms with Gasteiger partial charge >= 0.3 is 0 Å². The summed E-state index contributed by atoms with van der Waals surface area (Å²) < 4.78 is 1.01. The fourth-order valence-corrected chi connectivity index (χ4v) is 1.90. The molecule has 60 valence electrons. The Balaban J connectivity index is 3.46. The zero-order valence-electron chi connectivity index (χ0n) is 5.04. The number of halogens is 4. The molecule has 0 spiro atoms. The Morgan fingerprint density at radius 2 is 1.73 bits per heavy atom. The molecule has 0 fully saturated rings. The molecule has 0 unspecified atom stereocenters. The SMILES string of the molecule is Oc1cc(Cl)c(Br)c(Cl)c1Br. The third-order valence-corrected chi connectivity index (χ3v) is 4.07. The van der Waals surface area contributed by atoms with Crippen molar-refractivity contribution in [3.63, 3.8) is 0 Å². The molecule has 11 heavy (non-hydrogen) atoms. The number of benzene rings is 1. The summed E-state index contributed by atoms with van der Waals surface area (Å²) in [6.45, 7) is 0. The largest absolute Gasteiger partial charge is 0.507 e. The van der Waals surface area contributed by atoms with Crippen molar-refractivity contribution in [3.05, 3.63) is 25.1 Å². The maximum absolute atomic E-state index is 9.17. The van der Waals surface area contributed by atoms with Crippen molar-refractivity contribution in [1.82, 2.24) is 0 Å². The molecule has 0 aliphatic carbocycles. The standard InChI is InChI=1S/C6H2Br2Cl2O/c7-4-2(9)1-3(11)5(8)6(4)10/h1,11H. The number of hydrogen-bond acceptors (Lipinski definition) is 1. The maximum atomic E-state index is 9.17. The van der Waals surface area contributed by atoms with Crippen LogP contribution in [-0.4, -0.2) is 5.11 Å². The third-order valence-electron chi connectivity index (χ3n) is 1.08. The van der Waals surface area contributed by atoms with Gasteiger partial charge in [0.25, 0.3) is 0 Å². The highest BCUT2D eigenvalue weighted by molar-refractivity contribution is 9.11. The molecule has 1 aromatic carbocycles. The second kappa shape index (κ2) is 3.52. The Morgan fingerprint density at radius 3 is 2.27 bits per heavy atom. The van der Waals surface area contributed by atoms with Gasteiger partial charge in [-0.25, -0.2) is 0 Å². The molecule has 1 aromatic rings. The van der Waals surface area contributed by atoms with Crippen LogP contribution in [0.25, 0.3) is 0 Å². The number of rotatable bonds is 0. The van der Waals surface area contributed by atoms with E-state index in [0.717, 1.165) is 0 Å². The van der Waals surface area contributed by atoms with Crippen molar-refractivity contribution in [1.29, 1.82) is 0 Å². The zero-order valence-corrected chi connectivity index (χ0v) is 9.72. The highest BCUT2D eigenvalue weighted by Crippen LogP contribution is 2.41. The van der Waals surface area contributed by atoms with E-state index in [0.29, 0.717) is 19.0 Å². The average molecular weight is 321 g/mol.